The van der Waals surface area contributed by atoms with E-state index < -0.39 is 78.9 Å². The molecule has 2 heterocycles. The molecule has 2 aliphatic rings. The summed E-state index contributed by atoms with van der Waals surface area (Å²) in [6, 6.07) is -1.41. The molecule has 0 aliphatic carbocycles. The first-order valence-corrected chi connectivity index (χ1v) is 11.1. The number of azide groups is 2. The monoisotopic (exact) mass is 528 g/mol. The Morgan fingerprint density at radius 1 is 0.784 bits per heavy atom. The van der Waals surface area contributed by atoms with Gasteiger partial charge in [-0.25, -0.2) is 0 Å². The van der Waals surface area contributed by atoms with E-state index in [9.17, 15) is 24.7 Å². The summed E-state index contributed by atoms with van der Waals surface area (Å²) in [5.41, 5.74) is 18.0. The smallest absolute Gasteiger partial charge is 0.303 e. The molecule has 0 spiro atoms. The van der Waals surface area contributed by atoms with Gasteiger partial charge in [-0.1, -0.05) is 10.2 Å². The van der Waals surface area contributed by atoms with E-state index in [1.165, 1.54) is 13.8 Å². The van der Waals surface area contributed by atoms with E-state index in [2.05, 4.69) is 20.1 Å². The number of hydrogen-bond donors (Lipinski definition) is 0. The van der Waals surface area contributed by atoms with Crippen LogP contribution in [0.4, 0.5) is 0 Å². The van der Waals surface area contributed by atoms with E-state index in [1.807, 2.05) is 0 Å². The van der Waals surface area contributed by atoms with Crippen molar-refractivity contribution in [3.63, 3.8) is 0 Å². The van der Waals surface area contributed by atoms with Gasteiger partial charge in [0.15, 0.2) is 24.6 Å². The lowest BCUT2D eigenvalue weighted by atomic mass is 9.96. The molecule has 0 N–H and O–H groups in total. The molecular weight excluding hydrogens is 500 g/mol. The number of nitrogens with zero attached hydrogens (tertiary/aromatic N) is 6. The lowest BCUT2D eigenvalue weighted by Crippen LogP contribution is -2.62. The third-order valence-corrected chi connectivity index (χ3v) is 5.32. The lowest BCUT2D eigenvalue weighted by molar-refractivity contribution is -0.285. The molecule has 17 nitrogen and oxygen atoms in total. The van der Waals surface area contributed by atoms with E-state index in [-0.39, 0.29) is 13.2 Å². The first-order chi connectivity index (χ1) is 17.5. The minimum Gasteiger partial charge on any atom is -0.463 e. The van der Waals surface area contributed by atoms with Gasteiger partial charge in [0, 0.05) is 37.5 Å². The zero-order valence-corrected chi connectivity index (χ0v) is 20.8. The van der Waals surface area contributed by atoms with Crippen molar-refractivity contribution >= 4 is 23.9 Å². The SMILES string of the molecule is CC(=O)OC[C@H]1OC(C)[C@H](OC(C)=O)[C@@H]1O[C@H]1O[C@@H](CN=[N+]=[N-])[C@@H](OC(C)=O)[C@H](OC(C)=O)C1N=[N+]=[N-]. The van der Waals surface area contributed by atoms with Crippen LogP contribution < -0.4 is 0 Å². The first kappa shape index (κ1) is 29.6. The Kier molecular flexibility index (Phi) is 10.9. The molecular formula is C20H28N6O11. The van der Waals surface area contributed by atoms with E-state index >= 15 is 0 Å². The number of rotatable bonds is 10. The van der Waals surface area contributed by atoms with Crippen molar-refractivity contribution in [3.05, 3.63) is 20.9 Å². The largest absolute Gasteiger partial charge is 0.463 e. The summed E-state index contributed by atoms with van der Waals surface area (Å²) < 4.78 is 38.7. The highest BCUT2D eigenvalue weighted by Gasteiger charge is 2.54. The number of esters is 4. The molecule has 0 radical (unpaired) electrons. The lowest BCUT2D eigenvalue weighted by Gasteiger charge is -2.44. The molecule has 204 valence electrons. The zero-order chi connectivity index (χ0) is 27.7. The maximum Gasteiger partial charge on any atom is 0.303 e. The predicted molar refractivity (Wildman–Crippen MR) is 118 cm³/mol. The second-order valence-electron chi connectivity index (χ2n) is 8.16. The Balaban J connectivity index is 2.49. The fourth-order valence-corrected chi connectivity index (χ4v) is 4.03. The van der Waals surface area contributed by atoms with Gasteiger partial charge in [-0.05, 0) is 18.0 Å². The van der Waals surface area contributed by atoms with E-state index in [1.54, 1.807) is 6.92 Å². The van der Waals surface area contributed by atoms with Gasteiger partial charge < -0.3 is 33.2 Å². The van der Waals surface area contributed by atoms with Crippen molar-refractivity contribution in [2.24, 2.45) is 10.2 Å². The highest BCUT2D eigenvalue weighted by molar-refractivity contribution is 5.68. The average molecular weight is 528 g/mol. The highest BCUT2D eigenvalue weighted by Crippen LogP contribution is 2.34. The fraction of sp³-hybridized carbons (Fsp3) is 0.800. The normalized spacial score (nSPS) is 32.7. The van der Waals surface area contributed by atoms with Gasteiger partial charge in [0.1, 0.15) is 31.0 Å². The van der Waals surface area contributed by atoms with Crippen molar-refractivity contribution in [2.75, 3.05) is 13.2 Å². The molecule has 0 amide bonds. The van der Waals surface area contributed by atoms with Gasteiger partial charge in [-0.2, -0.15) is 0 Å². The minimum atomic E-state index is -1.50. The highest BCUT2D eigenvalue weighted by atomic mass is 16.7. The maximum atomic E-state index is 11.9. The molecule has 0 saturated carbocycles. The molecule has 9 atom stereocenters. The van der Waals surface area contributed by atoms with Crippen molar-refractivity contribution in [2.45, 2.75) is 89.7 Å². The van der Waals surface area contributed by atoms with Gasteiger partial charge in [-0.15, -0.1) is 0 Å². The van der Waals surface area contributed by atoms with Crippen molar-refractivity contribution in [1.82, 2.24) is 0 Å². The topological polar surface area (TPSA) is 230 Å². The second kappa shape index (κ2) is 13.6. The van der Waals surface area contributed by atoms with Gasteiger partial charge >= 0.3 is 23.9 Å². The molecule has 0 bridgehead atoms. The molecule has 0 aromatic rings. The summed E-state index contributed by atoms with van der Waals surface area (Å²) in [5.74, 6) is -2.82. The summed E-state index contributed by atoms with van der Waals surface area (Å²) in [6.45, 7) is 5.51. The van der Waals surface area contributed by atoms with Crippen LogP contribution in [-0.2, 0) is 52.3 Å². The minimum absolute atomic E-state index is 0.271. The Hall–Kier alpha value is -3.62. The standard InChI is InChI=1S/C20H28N6O11/c1-8-16(33-10(3)28)18(14(32-8)7-31-9(2)27)37-20-15(24-26-22)19(35-12(5)30)17(34-11(4)29)13(36-20)6-23-25-21/h8,13-20H,6-7H2,1-5H3/t8?,13-,14+,15?,16-,17+,18+,19+,20+/m0/s1. The number of ether oxygens (including phenoxy) is 7. The van der Waals surface area contributed by atoms with Crippen LogP contribution in [0.15, 0.2) is 10.2 Å². The van der Waals surface area contributed by atoms with E-state index in [0.717, 1.165) is 13.8 Å². The molecule has 0 aromatic heterocycles. The molecule has 2 fully saturated rings. The quantitative estimate of drug-likeness (QED) is 0.129. The molecule has 2 aliphatic heterocycles. The Bertz CT molecular complexity index is 966. The number of hydrogen-bond acceptors (Lipinski definition) is 13. The Morgan fingerprint density at radius 2 is 1.38 bits per heavy atom. The first-order valence-electron chi connectivity index (χ1n) is 11.1. The number of carbonyl (C=O) groups excluding carboxylic acids is 4. The van der Waals surface area contributed by atoms with Gasteiger partial charge in [0.25, 0.3) is 0 Å². The van der Waals surface area contributed by atoms with Crippen LogP contribution in [0, 0.1) is 0 Å². The van der Waals surface area contributed by atoms with Crippen LogP contribution in [0.5, 0.6) is 0 Å². The molecule has 37 heavy (non-hydrogen) atoms. The third kappa shape index (κ3) is 8.20. The summed E-state index contributed by atoms with van der Waals surface area (Å²) in [5, 5.41) is 7.09. The Morgan fingerprint density at radius 3 is 1.92 bits per heavy atom. The van der Waals surface area contributed by atoms with Crippen LogP contribution >= 0.6 is 0 Å². The molecule has 17 heteroatoms. The van der Waals surface area contributed by atoms with Crippen molar-refractivity contribution < 1.29 is 52.3 Å². The van der Waals surface area contributed by atoms with Crippen LogP contribution in [0.2, 0.25) is 0 Å². The predicted octanol–water partition coefficient (Wildman–Crippen LogP) is 1.23. The van der Waals surface area contributed by atoms with E-state index in [4.69, 9.17) is 38.7 Å². The van der Waals surface area contributed by atoms with Crippen LogP contribution in [0.25, 0.3) is 20.9 Å². The summed E-state index contributed by atoms with van der Waals surface area (Å²) in [6.07, 6.45) is -9.18. The second-order valence-corrected chi connectivity index (χ2v) is 8.16. The summed E-state index contributed by atoms with van der Waals surface area (Å²) in [4.78, 5) is 52.2. The summed E-state index contributed by atoms with van der Waals surface area (Å²) >= 11 is 0. The molecule has 2 unspecified atom stereocenters. The van der Waals surface area contributed by atoms with E-state index in [0.29, 0.717) is 0 Å². The van der Waals surface area contributed by atoms with Crippen molar-refractivity contribution in [1.29, 1.82) is 0 Å². The molecule has 2 saturated heterocycles. The molecule has 2 rings (SSSR count). The number of carbonyl (C=O) groups is 4. The summed E-state index contributed by atoms with van der Waals surface area (Å²) in [7, 11) is 0. The van der Waals surface area contributed by atoms with Crippen LogP contribution in [0.1, 0.15) is 34.6 Å². The van der Waals surface area contributed by atoms with Gasteiger partial charge in [-0.3, -0.25) is 19.2 Å². The van der Waals surface area contributed by atoms with Crippen molar-refractivity contribution in [3.8, 4) is 0 Å². The Labute approximate surface area is 210 Å². The third-order valence-electron chi connectivity index (χ3n) is 5.32. The maximum absolute atomic E-state index is 11.9. The zero-order valence-electron chi connectivity index (χ0n) is 20.8. The van der Waals surface area contributed by atoms with Crippen LogP contribution in [-0.4, -0.2) is 92.1 Å². The van der Waals surface area contributed by atoms with Gasteiger partial charge in [0.2, 0.25) is 0 Å². The van der Waals surface area contributed by atoms with Crippen LogP contribution in [0.3, 0.4) is 0 Å². The van der Waals surface area contributed by atoms with Gasteiger partial charge in [0.05, 0.1) is 12.6 Å². The average Bonchev–Trinajstić information content (AvgIpc) is 3.08. The molecule has 0 aromatic carbocycles. The fourth-order valence-electron chi connectivity index (χ4n) is 4.03.